The molecule has 1 saturated heterocycles. The highest BCUT2D eigenvalue weighted by Gasteiger charge is 2.13. The molecule has 0 atom stereocenters. The molecule has 1 aliphatic rings. The van der Waals surface area contributed by atoms with Crippen molar-refractivity contribution in [1.82, 2.24) is 0 Å². The number of carboxylic acids is 1. The van der Waals surface area contributed by atoms with E-state index in [0.29, 0.717) is 5.56 Å². The van der Waals surface area contributed by atoms with E-state index in [1.807, 2.05) is 19.1 Å². The van der Waals surface area contributed by atoms with Crippen LogP contribution in [0.4, 0.5) is 5.69 Å². The third-order valence-corrected chi connectivity index (χ3v) is 2.82. The second kappa shape index (κ2) is 5.89. The first-order valence-electron chi connectivity index (χ1n) is 5.35. The first-order chi connectivity index (χ1) is 7.68. The summed E-state index contributed by atoms with van der Waals surface area (Å²) < 4.78 is 5.28. The van der Waals surface area contributed by atoms with Gasteiger partial charge < -0.3 is 14.7 Å². The van der Waals surface area contributed by atoms with Crippen LogP contribution in [0.1, 0.15) is 15.9 Å². The van der Waals surface area contributed by atoms with Gasteiger partial charge in [-0.05, 0) is 30.7 Å². The average molecular weight is 258 g/mol. The number of carboxylic acid groups (broad SMARTS) is 1. The fourth-order valence-electron chi connectivity index (χ4n) is 1.91. The minimum atomic E-state index is -0.869. The Bertz CT molecular complexity index is 403. The molecule has 1 N–H and O–H groups in total. The Labute approximate surface area is 107 Å². The van der Waals surface area contributed by atoms with Gasteiger partial charge in [0, 0.05) is 18.8 Å². The highest BCUT2D eigenvalue weighted by Crippen LogP contribution is 2.20. The molecule has 1 fully saturated rings. The maximum absolute atomic E-state index is 10.9. The van der Waals surface area contributed by atoms with Crippen molar-refractivity contribution in [3.8, 4) is 0 Å². The number of aromatic carboxylic acids is 1. The SMILES string of the molecule is Cc1cc(N2CCOCC2)ccc1C(=O)O.Cl. The van der Waals surface area contributed by atoms with E-state index in [9.17, 15) is 4.79 Å². The summed E-state index contributed by atoms with van der Waals surface area (Å²) in [5.74, 6) is -0.869. The highest BCUT2D eigenvalue weighted by molar-refractivity contribution is 5.89. The van der Waals surface area contributed by atoms with Crippen LogP contribution in [0, 0.1) is 6.92 Å². The average Bonchev–Trinajstić information content (AvgIpc) is 2.29. The van der Waals surface area contributed by atoms with Crippen molar-refractivity contribution >= 4 is 24.1 Å². The van der Waals surface area contributed by atoms with E-state index in [0.717, 1.165) is 37.6 Å². The van der Waals surface area contributed by atoms with E-state index in [4.69, 9.17) is 9.84 Å². The maximum atomic E-state index is 10.9. The van der Waals surface area contributed by atoms with Crippen LogP contribution in [0.2, 0.25) is 0 Å². The molecule has 0 unspecified atom stereocenters. The van der Waals surface area contributed by atoms with Crippen molar-refractivity contribution in [2.75, 3.05) is 31.2 Å². The summed E-state index contributed by atoms with van der Waals surface area (Å²) in [6, 6.07) is 5.46. The fourth-order valence-corrected chi connectivity index (χ4v) is 1.91. The molecule has 0 spiro atoms. The largest absolute Gasteiger partial charge is 0.478 e. The zero-order valence-corrected chi connectivity index (χ0v) is 10.5. The van der Waals surface area contributed by atoms with Crippen LogP contribution < -0.4 is 4.90 Å². The number of anilines is 1. The lowest BCUT2D eigenvalue weighted by Crippen LogP contribution is -2.36. The molecule has 1 heterocycles. The minimum Gasteiger partial charge on any atom is -0.478 e. The molecule has 0 aromatic heterocycles. The molecule has 0 radical (unpaired) electrons. The summed E-state index contributed by atoms with van der Waals surface area (Å²) in [4.78, 5) is 13.1. The summed E-state index contributed by atoms with van der Waals surface area (Å²) in [6.45, 7) is 5.03. The number of rotatable bonds is 2. The third kappa shape index (κ3) is 3.11. The van der Waals surface area contributed by atoms with E-state index in [2.05, 4.69) is 4.90 Å². The van der Waals surface area contributed by atoms with Gasteiger partial charge in [-0.2, -0.15) is 0 Å². The van der Waals surface area contributed by atoms with Crippen molar-refractivity contribution in [3.63, 3.8) is 0 Å². The Hall–Kier alpha value is -1.26. The van der Waals surface area contributed by atoms with Crippen molar-refractivity contribution in [2.45, 2.75) is 6.92 Å². The van der Waals surface area contributed by atoms with Crippen molar-refractivity contribution in [3.05, 3.63) is 29.3 Å². The zero-order valence-electron chi connectivity index (χ0n) is 9.68. The molecular weight excluding hydrogens is 242 g/mol. The minimum absolute atomic E-state index is 0. The van der Waals surface area contributed by atoms with Crippen LogP contribution >= 0.6 is 12.4 Å². The molecule has 0 bridgehead atoms. The number of aryl methyl sites for hydroxylation is 1. The number of ether oxygens (including phenoxy) is 1. The van der Waals surface area contributed by atoms with Gasteiger partial charge in [0.25, 0.3) is 0 Å². The third-order valence-electron chi connectivity index (χ3n) is 2.82. The number of benzene rings is 1. The van der Waals surface area contributed by atoms with Crippen LogP contribution in [0.5, 0.6) is 0 Å². The van der Waals surface area contributed by atoms with E-state index < -0.39 is 5.97 Å². The zero-order chi connectivity index (χ0) is 11.5. The molecular formula is C12H16ClNO3. The Morgan fingerprint density at radius 3 is 2.53 bits per heavy atom. The highest BCUT2D eigenvalue weighted by atomic mass is 35.5. The normalized spacial score (nSPS) is 15.2. The van der Waals surface area contributed by atoms with Crippen LogP contribution in [0.25, 0.3) is 0 Å². The molecule has 5 heteroatoms. The van der Waals surface area contributed by atoms with Gasteiger partial charge in [0.2, 0.25) is 0 Å². The van der Waals surface area contributed by atoms with Gasteiger partial charge in [-0.3, -0.25) is 0 Å². The van der Waals surface area contributed by atoms with Crippen LogP contribution in [0.3, 0.4) is 0 Å². The van der Waals surface area contributed by atoms with Gasteiger partial charge in [0.05, 0.1) is 18.8 Å². The summed E-state index contributed by atoms with van der Waals surface area (Å²) in [5, 5.41) is 8.93. The second-order valence-corrected chi connectivity index (χ2v) is 3.90. The monoisotopic (exact) mass is 257 g/mol. The molecule has 2 rings (SSSR count). The van der Waals surface area contributed by atoms with Gasteiger partial charge in [0.15, 0.2) is 0 Å². The predicted molar refractivity (Wildman–Crippen MR) is 68.4 cm³/mol. The molecule has 17 heavy (non-hydrogen) atoms. The number of morpholine rings is 1. The van der Waals surface area contributed by atoms with Crippen molar-refractivity contribution in [1.29, 1.82) is 0 Å². The summed E-state index contributed by atoms with van der Waals surface area (Å²) >= 11 is 0. The van der Waals surface area contributed by atoms with Crippen molar-refractivity contribution < 1.29 is 14.6 Å². The van der Waals surface area contributed by atoms with E-state index in [1.165, 1.54) is 0 Å². The predicted octanol–water partition coefficient (Wildman–Crippen LogP) is 1.95. The quantitative estimate of drug-likeness (QED) is 0.880. The first-order valence-corrected chi connectivity index (χ1v) is 5.35. The number of carbonyl (C=O) groups is 1. The van der Waals surface area contributed by atoms with E-state index in [1.54, 1.807) is 6.07 Å². The van der Waals surface area contributed by atoms with Crippen LogP contribution in [-0.4, -0.2) is 37.4 Å². The van der Waals surface area contributed by atoms with Gasteiger partial charge in [0.1, 0.15) is 0 Å². The number of hydrogen-bond donors (Lipinski definition) is 1. The first kappa shape index (κ1) is 13.8. The fraction of sp³-hybridized carbons (Fsp3) is 0.417. The Morgan fingerprint density at radius 2 is 2.00 bits per heavy atom. The molecule has 0 saturated carbocycles. The lowest BCUT2D eigenvalue weighted by molar-refractivity contribution is 0.0696. The lowest BCUT2D eigenvalue weighted by atomic mass is 10.1. The van der Waals surface area contributed by atoms with Gasteiger partial charge in [-0.25, -0.2) is 4.79 Å². The Morgan fingerprint density at radius 1 is 1.35 bits per heavy atom. The molecule has 0 amide bonds. The summed E-state index contributed by atoms with van der Waals surface area (Å²) in [6.07, 6.45) is 0. The molecule has 1 aromatic rings. The summed E-state index contributed by atoms with van der Waals surface area (Å²) in [5.41, 5.74) is 2.25. The molecule has 1 aromatic carbocycles. The van der Waals surface area contributed by atoms with Crippen molar-refractivity contribution in [2.24, 2.45) is 0 Å². The Kier molecular flexibility index (Phi) is 4.78. The Balaban J connectivity index is 0.00000144. The molecule has 1 aliphatic heterocycles. The van der Waals surface area contributed by atoms with E-state index in [-0.39, 0.29) is 12.4 Å². The van der Waals surface area contributed by atoms with Crippen LogP contribution in [0.15, 0.2) is 18.2 Å². The topological polar surface area (TPSA) is 49.8 Å². The molecule has 4 nitrogen and oxygen atoms in total. The van der Waals surface area contributed by atoms with Gasteiger partial charge >= 0.3 is 5.97 Å². The maximum Gasteiger partial charge on any atom is 0.335 e. The van der Waals surface area contributed by atoms with Gasteiger partial charge in [-0.1, -0.05) is 0 Å². The summed E-state index contributed by atoms with van der Waals surface area (Å²) in [7, 11) is 0. The molecule has 94 valence electrons. The van der Waals surface area contributed by atoms with E-state index >= 15 is 0 Å². The number of hydrogen-bond acceptors (Lipinski definition) is 3. The number of halogens is 1. The van der Waals surface area contributed by atoms with Gasteiger partial charge in [-0.15, -0.1) is 12.4 Å². The van der Waals surface area contributed by atoms with Crippen LogP contribution in [-0.2, 0) is 4.74 Å². The lowest BCUT2D eigenvalue weighted by Gasteiger charge is -2.29. The smallest absolute Gasteiger partial charge is 0.335 e. The number of nitrogens with zero attached hydrogens (tertiary/aromatic N) is 1. The standard InChI is InChI=1S/C12H15NO3.ClH/c1-9-8-10(2-3-11(9)12(14)15)13-4-6-16-7-5-13;/h2-3,8H,4-7H2,1H3,(H,14,15);1H. The molecule has 0 aliphatic carbocycles. The second-order valence-electron chi connectivity index (χ2n) is 3.90.